The van der Waals surface area contributed by atoms with Gasteiger partial charge in [0.15, 0.2) is 0 Å². The molecule has 1 aromatic carbocycles. The van der Waals surface area contributed by atoms with Crippen molar-refractivity contribution < 1.29 is 17.2 Å². The minimum absolute atomic E-state index is 0.147. The van der Waals surface area contributed by atoms with Gasteiger partial charge in [0.2, 0.25) is 10.0 Å². The minimum Gasteiger partial charge on any atom is -0.208 e. The average Bonchev–Trinajstić information content (AvgIpc) is 2.31. The Kier molecular flexibility index (Phi) is 5.10. The lowest BCUT2D eigenvalue weighted by Crippen LogP contribution is -2.35. The van der Waals surface area contributed by atoms with E-state index >= 15 is 0 Å². The zero-order valence-corrected chi connectivity index (χ0v) is 12.1. The van der Waals surface area contributed by atoms with Crippen LogP contribution < -0.4 is 4.72 Å². The van der Waals surface area contributed by atoms with Gasteiger partial charge >= 0.3 is 0 Å². The standard InChI is InChI=1S/C14H19F2NO2S/c15-11-8-12(16)10-14(9-11)20(18,19)17-13-6-4-2-1-3-5-7-13/h8-10,13,17H,1-7H2. The lowest BCUT2D eigenvalue weighted by atomic mass is 9.97. The van der Waals surface area contributed by atoms with Crippen molar-refractivity contribution in [3.05, 3.63) is 29.8 Å². The molecular formula is C14H19F2NO2S. The molecular weight excluding hydrogens is 284 g/mol. The molecule has 0 aliphatic heterocycles. The van der Waals surface area contributed by atoms with Crippen molar-refractivity contribution in [2.24, 2.45) is 0 Å². The first kappa shape index (κ1) is 15.4. The summed E-state index contributed by atoms with van der Waals surface area (Å²) in [6, 6.07) is 2.20. The third-order valence-electron chi connectivity index (χ3n) is 3.57. The maximum Gasteiger partial charge on any atom is 0.241 e. The smallest absolute Gasteiger partial charge is 0.208 e. The van der Waals surface area contributed by atoms with Crippen molar-refractivity contribution in [2.75, 3.05) is 0 Å². The summed E-state index contributed by atoms with van der Waals surface area (Å²) < 4.78 is 53.1. The molecule has 112 valence electrons. The third-order valence-corrected chi connectivity index (χ3v) is 5.07. The van der Waals surface area contributed by atoms with Crippen LogP contribution in [-0.4, -0.2) is 14.5 Å². The van der Waals surface area contributed by atoms with Crippen LogP contribution in [0.2, 0.25) is 0 Å². The van der Waals surface area contributed by atoms with Gasteiger partial charge in [-0.3, -0.25) is 0 Å². The first-order valence-corrected chi connectivity index (χ1v) is 8.44. The van der Waals surface area contributed by atoms with Gasteiger partial charge in [-0.25, -0.2) is 21.9 Å². The molecule has 1 fully saturated rings. The number of halogens is 2. The number of hydrogen-bond donors (Lipinski definition) is 1. The van der Waals surface area contributed by atoms with Gasteiger partial charge in [-0.2, -0.15) is 0 Å². The summed E-state index contributed by atoms with van der Waals surface area (Å²) in [6.45, 7) is 0. The highest BCUT2D eigenvalue weighted by atomic mass is 32.2. The third kappa shape index (κ3) is 4.24. The van der Waals surface area contributed by atoms with E-state index in [1.807, 2.05) is 0 Å². The van der Waals surface area contributed by atoms with E-state index in [2.05, 4.69) is 4.72 Å². The molecule has 1 aliphatic carbocycles. The molecule has 3 nitrogen and oxygen atoms in total. The fourth-order valence-corrected chi connectivity index (χ4v) is 3.89. The van der Waals surface area contributed by atoms with Crippen LogP contribution in [0.25, 0.3) is 0 Å². The van der Waals surface area contributed by atoms with Gasteiger partial charge in [0.1, 0.15) is 11.6 Å². The fourth-order valence-electron chi connectivity index (χ4n) is 2.55. The number of benzene rings is 1. The Morgan fingerprint density at radius 1 is 0.900 bits per heavy atom. The maximum absolute atomic E-state index is 13.1. The number of hydrogen-bond acceptors (Lipinski definition) is 2. The van der Waals surface area contributed by atoms with Crippen LogP contribution in [0, 0.1) is 11.6 Å². The van der Waals surface area contributed by atoms with Gasteiger partial charge in [-0.15, -0.1) is 0 Å². The molecule has 0 amide bonds. The molecule has 1 aromatic rings. The molecule has 0 bridgehead atoms. The molecule has 0 atom stereocenters. The summed E-state index contributed by atoms with van der Waals surface area (Å²) in [5.41, 5.74) is 0. The molecule has 0 heterocycles. The largest absolute Gasteiger partial charge is 0.241 e. The van der Waals surface area contributed by atoms with E-state index in [0.717, 1.165) is 50.7 Å². The fraction of sp³-hybridized carbons (Fsp3) is 0.571. The van der Waals surface area contributed by atoms with Crippen molar-refractivity contribution in [1.82, 2.24) is 4.72 Å². The predicted molar refractivity (Wildman–Crippen MR) is 72.8 cm³/mol. The minimum atomic E-state index is -3.86. The number of nitrogens with one attached hydrogen (secondary N) is 1. The van der Waals surface area contributed by atoms with E-state index in [0.29, 0.717) is 6.07 Å². The second-order valence-corrected chi connectivity index (χ2v) is 6.98. The van der Waals surface area contributed by atoms with Crippen molar-refractivity contribution in [3.63, 3.8) is 0 Å². The van der Waals surface area contributed by atoms with Crippen LogP contribution in [0.1, 0.15) is 44.9 Å². The predicted octanol–water partition coefficient (Wildman–Crippen LogP) is 3.36. The van der Waals surface area contributed by atoms with Gasteiger partial charge in [-0.1, -0.05) is 32.1 Å². The summed E-state index contributed by atoms with van der Waals surface area (Å²) in [4.78, 5) is -0.350. The van der Waals surface area contributed by atoms with Crippen LogP contribution in [0.5, 0.6) is 0 Å². The van der Waals surface area contributed by atoms with Crippen LogP contribution in [0.4, 0.5) is 8.78 Å². The van der Waals surface area contributed by atoms with Gasteiger partial charge in [0.25, 0.3) is 0 Å². The highest BCUT2D eigenvalue weighted by molar-refractivity contribution is 7.89. The van der Waals surface area contributed by atoms with Gasteiger partial charge < -0.3 is 0 Å². The molecule has 0 saturated heterocycles. The Morgan fingerprint density at radius 2 is 1.40 bits per heavy atom. The molecule has 0 spiro atoms. The Balaban J connectivity index is 2.12. The van der Waals surface area contributed by atoms with Crippen molar-refractivity contribution in [1.29, 1.82) is 0 Å². The van der Waals surface area contributed by atoms with Crippen molar-refractivity contribution >= 4 is 10.0 Å². The topological polar surface area (TPSA) is 46.2 Å². The average molecular weight is 303 g/mol. The molecule has 1 N–H and O–H groups in total. The lowest BCUT2D eigenvalue weighted by molar-refractivity contribution is 0.426. The van der Waals surface area contributed by atoms with E-state index in [-0.39, 0.29) is 10.9 Å². The molecule has 2 rings (SSSR count). The lowest BCUT2D eigenvalue weighted by Gasteiger charge is -2.21. The second kappa shape index (κ2) is 6.63. The van der Waals surface area contributed by atoms with Crippen LogP contribution in [-0.2, 0) is 10.0 Å². The van der Waals surface area contributed by atoms with Gasteiger partial charge in [0, 0.05) is 12.1 Å². The Hall–Kier alpha value is -1.01. The SMILES string of the molecule is O=S(=O)(NC1CCCCCCC1)c1cc(F)cc(F)c1. The van der Waals surface area contributed by atoms with E-state index < -0.39 is 21.7 Å². The van der Waals surface area contributed by atoms with Crippen LogP contribution in [0.15, 0.2) is 23.1 Å². The molecule has 0 radical (unpaired) electrons. The Morgan fingerprint density at radius 3 is 1.95 bits per heavy atom. The molecule has 20 heavy (non-hydrogen) atoms. The highest BCUT2D eigenvalue weighted by Gasteiger charge is 2.21. The maximum atomic E-state index is 13.1. The molecule has 1 aliphatic rings. The first-order valence-electron chi connectivity index (χ1n) is 6.96. The normalized spacial score (nSPS) is 18.5. The summed E-state index contributed by atoms with van der Waals surface area (Å²) in [5, 5.41) is 0. The van der Waals surface area contributed by atoms with Crippen LogP contribution >= 0.6 is 0 Å². The summed E-state index contributed by atoms with van der Waals surface area (Å²) >= 11 is 0. The molecule has 1 saturated carbocycles. The Labute approximate surface area is 118 Å². The Bertz CT molecular complexity index is 532. The van der Waals surface area contributed by atoms with E-state index in [1.54, 1.807) is 0 Å². The van der Waals surface area contributed by atoms with Crippen molar-refractivity contribution in [3.8, 4) is 0 Å². The highest BCUT2D eigenvalue weighted by Crippen LogP contribution is 2.20. The first-order chi connectivity index (χ1) is 9.47. The summed E-state index contributed by atoms with van der Waals surface area (Å²) in [6.07, 6.45) is 6.90. The molecule has 0 aromatic heterocycles. The number of sulfonamides is 1. The second-order valence-electron chi connectivity index (χ2n) is 5.27. The van der Waals surface area contributed by atoms with Gasteiger partial charge in [0.05, 0.1) is 4.90 Å². The summed E-state index contributed by atoms with van der Waals surface area (Å²) in [5.74, 6) is -1.77. The van der Waals surface area contributed by atoms with Gasteiger partial charge in [-0.05, 0) is 25.0 Å². The zero-order chi connectivity index (χ0) is 14.6. The van der Waals surface area contributed by atoms with E-state index in [1.165, 1.54) is 6.42 Å². The molecule has 0 unspecified atom stereocenters. The zero-order valence-electron chi connectivity index (χ0n) is 11.2. The molecule has 6 heteroatoms. The van der Waals surface area contributed by atoms with Crippen LogP contribution in [0.3, 0.4) is 0 Å². The monoisotopic (exact) mass is 303 g/mol. The van der Waals surface area contributed by atoms with E-state index in [4.69, 9.17) is 0 Å². The summed E-state index contributed by atoms with van der Waals surface area (Å²) in [7, 11) is -3.86. The van der Waals surface area contributed by atoms with E-state index in [9.17, 15) is 17.2 Å². The van der Waals surface area contributed by atoms with Crippen molar-refractivity contribution in [2.45, 2.75) is 55.9 Å². The quantitative estimate of drug-likeness (QED) is 0.930. The number of rotatable bonds is 3.